The van der Waals surface area contributed by atoms with E-state index < -0.39 is 0 Å². The molecule has 2 heteroatoms. The minimum Gasteiger partial charge on any atom is -0.300 e. The molecule has 2 nitrogen and oxygen atoms in total. The molecule has 0 aromatic rings. The first-order valence-corrected chi connectivity index (χ1v) is 9.60. The lowest BCUT2D eigenvalue weighted by Gasteiger charge is -2.56. The summed E-state index contributed by atoms with van der Waals surface area (Å²) in [6.07, 6.45) is 12.1. The molecule has 0 heterocycles. The second kappa shape index (κ2) is 5.46. The molecule has 122 valence electrons. The molecule has 0 amide bonds. The summed E-state index contributed by atoms with van der Waals surface area (Å²) in [5.74, 6) is 5.01. The molecular formula is C20H30O2. The molecule has 6 atom stereocenters. The van der Waals surface area contributed by atoms with Gasteiger partial charge in [-0.2, -0.15) is 0 Å². The Balaban J connectivity index is 1.57. The van der Waals surface area contributed by atoms with Crippen LogP contribution < -0.4 is 0 Å². The number of carbonyl (C=O) groups is 2. The fourth-order valence-corrected chi connectivity index (χ4v) is 6.79. The van der Waals surface area contributed by atoms with Gasteiger partial charge in [0.05, 0.1) is 0 Å². The fourth-order valence-electron chi connectivity index (χ4n) is 6.79. The highest BCUT2D eigenvalue weighted by Crippen LogP contribution is 2.60. The molecule has 0 aromatic heterocycles. The van der Waals surface area contributed by atoms with Crippen LogP contribution >= 0.6 is 0 Å². The number of ketones is 2. The van der Waals surface area contributed by atoms with Crippen LogP contribution in [-0.4, -0.2) is 11.6 Å². The highest BCUT2D eigenvalue weighted by molar-refractivity contribution is 5.79. The number of hydrogen-bond acceptors (Lipinski definition) is 2. The highest BCUT2D eigenvalue weighted by atomic mass is 16.1. The molecule has 4 saturated carbocycles. The van der Waals surface area contributed by atoms with Crippen molar-refractivity contribution in [2.75, 3.05) is 0 Å². The maximum Gasteiger partial charge on any atom is 0.133 e. The second-order valence-corrected chi connectivity index (χ2v) is 8.99. The molecule has 4 rings (SSSR count). The van der Waals surface area contributed by atoms with E-state index in [1.54, 1.807) is 0 Å². The topological polar surface area (TPSA) is 34.1 Å². The van der Waals surface area contributed by atoms with Gasteiger partial charge >= 0.3 is 0 Å². The average molecular weight is 302 g/mol. The molecule has 0 bridgehead atoms. The lowest BCUT2D eigenvalue weighted by molar-refractivity contribution is -0.128. The smallest absolute Gasteiger partial charge is 0.133 e. The Morgan fingerprint density at radius 3 is 2.45 bits per heavy atom. The average Bonchev–Trinajstić information content (AvgIpc) is 2.66. The fraction of sp³-hybridized carbons (Fsp3) is 0.900. The molecule has 0 N–H and O–H groups in total. The van der Waals surface area contributed by atoms with Gasteiger partial charge < -0.3 is 0 Å². The summed E-state index contributed by atoms with van der Waals surface area (Å²) < 4.78 is 0. The van der Waals surface area contributed by atoms with E-state index in [0.29, 0.717) is 22.9 Å². The lowest BCUT2D eigenvalue weighted by atomic mass is 9.49. The number of rotatable bonds is 0. The molecule has 22 heavy (non-hydrogen) atoms. The van der Waals surface area contributed by atoms with Gasteiger partial charge in [-0.15, -0.1) is 0 Å². The van der Waals surface area contributed by atoms with E-state index in [9.17, 15) is 9.59 Å². The molecule has 4 aliphatic carbocycles. The maximum atomic E-state index is 12.0. The van der Waals surface area contributed by atoms with Gasteiger partial charge in [0.15, 0.2) is 0 Å². The molecule has 0 aromatic carbocycles. The summed E-state index contributed by atoms with van der Waals surface area (Å²) in [6, 6.07) is 0. The van der Waals surface area contributed by atoms with Crippen molar-refractivity contribution in [1.82, 2.24) is 0 Å². The third-order valence-electron chi connectivity index (χ3n) is 7.99. The van der Waals surface area contributed by atoms with E-state index >= 15 is 0 Å². The van der Waals surface area contributed by atoms with Gasteiger partial charge in [0.2, 0.25) is 0 Å². The van der Waals surface area contributed by atoms with E-state index in [4.69, 9.17) is 0 Å². The van der Waals surface area contributed by atoms with E-state index in [1.807, 2.05) is 0 Å². The van der Waals surface area contributed by atoms with Crippen molar-refractivity contribution in [3.8, 4) is 0 Å². The lowest BCUT2D eigenvalue weighted by Crippen LogP contribution is -2.48. The molecular weight excluding hydrogens is 272 g/mol. The van der Waals surface area contributed by atoms with E-state index in [2.05, 4.69) is 6.92 Å². The molecule has 0 unspecified atom stereocenters. The zero-order valence-corrected chi connectivity index (χ0v) is 14.0. The zero-order valence-electron chi connectivity index (χ0n) is 14.0. The maximum absolute atomic E-state index is 12.0. The predicted molar refractivity (Wildman–Crippen MR) is 86.4 cm³/mol. The predicted octanol–water partition coefficient (Wildman–Crippen LogP) is 4.56. The van der Waals surface area contributed by atoms with Crippen LogP contribution in [0.4, 0.5) is 0 Å². The molecule has 0 saturated heterocycles. The Morgan fingerprint density at radius 1 is 0.773 bits per heavy atom. The van der Waals surface area contributed by atoms with Crippen LogP contribution in [-0.2, 0) is 9.59 Å². The van der Waals surface area contributed by atoms with Gasteiger partial charge in [0, 0.05) is 25.7 Å². The third kappa shape index (κ3) is 2.37. The highest BCUT2D eigenvalue weighted by Gasteiger charge is 2.52. The van der Waals surface area contributed by atoms with E-state index in [-0.39, 0.29) is 0 Å². The standard InChI is InChI=1S/C20H30O2/c1-20-10-8-14(21)4-7-19(20)18-5-2-13-12-15(22)3-6-16(13)17(18)9-11-20/h13,16-19H,2-12H2,1H3/t13-,16+,17-,18-,19+,20+/m1/s1. The minimum absolute atomic E-state index is 0.421. The van der Waals surface area contributed by atoms with Gasteiger partial charge in [-0.05, 0) is 80.0 Å². The molecule has 4 fully saturated rings. The number of Topliss-reactive ketones (excluding diaryl/α,β-unsaturated/α-hetero) is 2. The second-order valence-electron chi connectivity index (χ2n) is 8.99. The SMILES string of the molecule is C[C@@]12CCC(=O)CC[C@H]1[C@@H]1CC[C@@H]3CC(=O)CC[C@@H]3[C@H]1CC2. The zero-order chi connectivity index (χ0) is 15.3. The minimum atomic E-state index is 0.421. The van der Waals surface area contributed by atoms with E-state index in [0.717, 1.165) is 68.6 Å². The Labute approximate surface area is 134 Å². The summed E-state index contributed by atoms with van der Waals surface area (Å²) in [5.41, 5.74) is 0.421. The van der Waals surface area contributed by atoms with E-state index in [1.165, 1.54) is 25.7 Å². The van der Waals surface area contributed by atoms with Crippen LogP contribution in [0.3, 0.4) is 0 Å². The number of fused-ring (bicyclic) bond motifs is 5. The number of carbonyl (C=O) groups excluding carboxylic acids is 2. The van der Waals surface area contributed by atoms with Crippen molar-refractivity contribution in [3.63, 3.8) is 0 Å². The van der Waals surface area contributed by atoms with Gasteiger partial charge in [0.25, 0.3) is 0 Å². The first-order valence-electron chi connectivity index (χ1n) is 9.60. The number of hydrogen-bond donors (Lipinski definition) is 0. The summed E-state index contributed by atoms with van der Waals surface area (Å²) in [5, 5.41) is 0. The van der Waals surface area contributed by atoms with Crippen LogP contribution in [0.1, 0.15) is 77.6 Å². The van der Waals surface area contributed by atoms with Crippen LogP contribution in [0.5, 0.6) is 0 Å². The Kier molecular flexibility index (Phi) is 3.70. The molecule has 4 aliphatic rings. The summed E-state index contributed by atoms with van der Waals surface area (Å²) in [7, 11) is 0. The quantitative estimate of drug-likeness (QED) is 0.657. The Morgan fingerprint density at radius 2 is 1.59 bits per heavy atom. The van der Waals surface area contributed by atoms with Crippen molar-refractivity contribution in [2.45, 2.75) is 77.6 Å². The van der Waals surface area contributed by atoms with Crippen molar-refractivity contribution in [1.29, 1.82) is 0 Å². The third-order valence-corrected chi connectivity index (χ3v) is 7.99. The Hall–Kier alpha value is -0.660. The molecule has 0 aliphatic heterocycles. The van der Waals surface area contributed by atoms with Crippen molar-refractivity contribution in [2.24, 2.45) is 35.0 Å². The van der Waals surface area contributed by atoms with Gasteiger partial charge in [-0.3, -0.25) is 9.59 Å². The van der Waals surface area contributed by atoms with Gasteiger partial charge in [0.1, 0.15) is 11.6 Å². The molecule has 0 spiro atoms. The summed E-state index contributed by atoms with van der Waals surface area (Å²) >= 11 is 0. The van der Waals surface area contributed by atoms with Crippen LogP contribution in [0, 0.1) is 35.0 Å². The first kappa shape index (κ1) is 14.9. The monoisotopic (exact) mass is 302 g/mol. The largest absolute Gasteiger partial charge is 0.300 e. The summed E-state index contributed by atoms with van der Waals surface area (Å²) in [6.45, 7) is 2.48. The first-order chi connectivity index (χ1) is 10.6. The van der Waals surface area contributed by atoms with Crippen molar-refractivity contribution < 1.29 is 9.59 Å². The van der Waals surface area contributed by atoms with Gasteiger partial charge in [-0.1, -0.05) is 6.92 Å². The van der Waals surface area contributed by atoms with Crippen LogP contribution in [0.2, 0.25) is 0 Å². The summed E-state index contributed by atoms with van der Waals surface area (Å²) in [4.78, 5) is 23.8. The van der Waals surface area contributed by atoms with Crippen LogP contribution in [0.15, 0.2) is 0 Å². The van der Waals surface area contributed by atoms with Crippen molar-refractivity contribution in [3.05, 3.63) is 0 Å². The van der Waals surface area contributed by atoms with Crippen LogP contribution in [0.25, 0.3) is 0 Å². The molecule has 0 radical (unpaired) electrons. The normalized spacial score (nSPS) is 48.9. The Bertz CT molecular complexity index is 482. The van der Waals surface area contributed by atoms with Crippen molar-refractivity contribution >= 4 is 11.6 Å². The van der Waals surface area contributed by atoms with Gasteiger partial charge in [-0.25, -0.2) is 0 Å².